The molecule has 1 aromatic rings. The van der Waals surface area contributed by atoms with E-state index < -0.39 is 5.97 Å². The van der Waals surface area contributed by atoms with Gasteiger partial charge in [0.15, 0.2) is 5.78 Å². The van der Waals surface area contributed by atoms with Crippen LogP contribution in [-0.2, 0) is 9.59 Å². The second-order valence-electron chi connectivity index (χ2n) is 3.76. The molecule has 19 heavy (non-hydrogen) atoms. The van der Waals surface area contributed by atoms with Crippen LogP contribution >= 0.6 is 15.9 Å². The summed E-state index contributed by atoms with van der Waals surface area (Å²) in [4.78, 5) is 33.8. The van der Waals surface area contributed by atoms with E-state index in [0.717, 1.165) is 0 Å². The first-order chi connectivity index (χ1) is 8.99. The average molecular weight is 322 g/mol. The van der Waals surface area contributed by atoms with E-state index in [4.69, 9.17) is 5.11 Å². The lowest BCUT2D eigenvalue weighted by atomic mass is 10.1. The zero-order valence-corrected chi connectivity index (χ0v) is 11.1. The van der Waals surface area contributed by atoms with Gasteiger partial charge in [0.1, 0.15) is 5.70 Å². The molecule has 1 aromatic carbocycles. The van der Waals surface area contributed by atoms with Crippen LogP contribution in [0.1, 0.15) is 10.4 Å². The number of ketones is 2. The smallest absolute Gasteiger partial charge is 0.335 e. The zero-order chi connectivity index (χ0) is 14.0. The highest BCUT2D eigenvalue weighted by Gasteiger charge is 2.20. The molecule has 0 bridgehead atoms. The number of nitrogens with one attached hydrogen (secondary N) is 1. The molecule has 0 amide bonds. The first-order valence-electron chi connectivity index (χ1n) is 5.26. The number of carbonyl (C=O) groups excluding carboxylic acids is 2. The summed E-state index contributed by atoms with van der Waals surface area (Å²) in [7, 11) is 0. The molecule has 1 aliphatic carbocycles. The van der Waals surface area contributed by atoms with E-state index in [2.05, 4.69) is 21.2 Å². The molecule has 0 saturated carbocycles. The molecule has 0 spiro atoms. The Labute approximate surface area is 116 Å². The molecule has 2 N–H and O–H groups in total. The Hall–Kier alpha value is -2.21. The quantitative estimate of drug-likeness (QED) is 0.833. The molecule has 0 aliphatic heterocycles. The van der Waals surface area contributed by atoms with E-state index in [1.165, 1.54) is 36.4 Å². The fraction of sp³-hybridized carbons (Fsp3) is 0. The van der Waals surface area contributed by atoms with Gasteiger partial charge >= 0.3 is 5.97 Å². The molecule has 2 rings (SSSR count). The number of rotatable bonds is 3. The number of hydrogen-bond donors (Lipinski definition) is 2. The minimum Gasteiger partial charge on any atom is -0.478 e. The summed E-state index contributed by atoms with van der Waals surface area (Å²) in [6, 6.07) is 5.85. The van der Waals surface area contributed by atoms with Crippen LogP contribution in [0.15, 0.2) is 46.6 Å². The maximum Gasteiger partial charge on any atom is 0.335 e. The van der Waals surface area contributed by atoms with E-state index in [0.29, 0.717) is 5.69 Å². The van der Waals surface area contributed by atoms with Crippen molar-refractivity contribution in [1.29, 1.82) is 0 Å². The zero-order valence-electron chi connectivity index (χ0n) is 9.51. The molecule has 0 fully saturated rings. The van der Waals surface area contributed by atoms with Crippen molar-refractivity contribution in [3.8, 4) is 0 Å². The number of carboxylic acid groups (broad SMARTS) is 1. The first-order valence-corrected chi connectivity index (χ1v) is 6.05. The van der Waals surface area contributed by atoms with Crippen molar-refractivity contribution in [3.63, 3.8) is 0 Å². The molecule has 0 atom stereocenters. The van der Waals surface area contributed by atoms with E-state index >= 15 is 0 Å². The molecule has 0 aromatic heterocycles. The minimum absolute atomic E-state index is 0.135. The molecule has 5 nitrogen and oxygen atoms in total. The Morgan fingerprint density at radius 2 is 1.63 bits per heavy atom. The number of aromatic carboxylic acids is 1. The fourth-order valence-corrected chi connectivity index (χ4v) is 1.92. The topological polar surface area (TPSA) is 83.5 Å². The van der Waals surface area contributed by atoms with Crippen molar-refractivity contribution in [2.24, 2.45) is 0 Å². The molecule has 0 radical (unpaired) electrons. The van der Waals surface area contributed by atoms with Crippen LogP contribution in [-0.4, -0.2) is 22.6 Å². The molecular formula is C13H8BrNO4. The molecule has 1 aliphatic rings. The van der Waals surface area contributed by atoms with Gasteiger partial charge in [0, 0.05) is 5.69 Å². The van der Waals surface area contributed by atoms with Gasteiger partial charge in [-0.1, -0.05) is 0 Å². The standard InChI is InChI=1S/C13H8BrNO4/c14-11-9(16)5-6-10(17)12(11)15-8-3-1-7(2-4-8)13(18)19/h1-6,15H,(H,18,19). The Morgan fingerprint density at radius 1 is 1.05 bits per heavy atom. The summed E-state index contributed by atoms with van der Waals surface area (Å²) < 4.78 is 0.155. The van der Waals surface area contributed by atoms with E-state index in [1.54, 1.807) is 0 Å². The van der Waals surface area contributed by atoms with Crippen molar-refractivity contribution < 1.29 is 19.5 Å². The maximum atomic E-state index is 11.6. The monoisotopic (exact) mass is 321 g/mol. The lowest BCUT2D eigenvalue weighted by Crippen LogP contribution is -2.17. The summed E-state index contributed by atoms with van der Waals surface area (Å²) in [6.45, 7) is 0. The van der Waals surface area contributed by atoms with Crippen LogP contribution in [0, 0.1) is 0 Å². The van der Waals surface area contributed by atoms with Crippen molar-refractivity contribution in [2.45, 2.75) is 0 Å². The summed E-state index contributed by atoms with van der Waals surface area (Å²) >= 11 is 3.06. The SMILES string of the molecule is O=C1C=CC(=O)C(Nc2ccc(C(=O)O)cc2)=C1Br. The number of allylic oxidation sites excluding steroid dienone is 3. The van der Waals surface area contributed by atoms with Gasteiger partial charge in [0.05, 0.1) is 10.0 Å². The van der Waals surface area contributed by atoms with Crippen LogP contribution in [0.2, 0.25) is 0 Å². The molecule has 0 heterocycles. The van der Waals surface area contributed by atoms with Crippen molar-refractivity contribution in [3.05, 3.63) is 52.2 Å². The third-order valence-corrected chi connectivity index (χ3v) is 3.26. The lowest BCUT2D eigenvalue weighted by Gasteiger charge is -2.13. The van der Waals surface area contributed by atoms with Gasteiger partial charge in [-0.05, 0) is 52.3 Å². The van der Waals surface area contributed by atoms with E-state index in [9.17, 15) is 14.4 Å². The molecular weight excluding hydrogens is 314 g/mol. The highest BCUT2D eigenvalue weighted by molar-refractivity contribution is 9.12. The van der Waals surface area contributed by atoms with Crippen LogP contribution in [0.5, 0.6) is 0 Å². The predicted molar refractivity (Wildman–Crippen MR) is 72.1 cm³/mol. The van der Waals surface area contributed by atoms with Crippen LogP contribution in [0.3, 0.4) is 0 Å². The van der Waals surface area contributed by atoms with Crippen LogP contribution in [0.25, 0.3) is 0 Å². The third kappa shape index (κ3) is 2.79. The summed E-state index contributed by atoms with van der Waals surface area (Å²) in [5, 5.41) is 11.6. The number of anilines is 1. The fourth-order valence-electron chi connectivity index (χ4n) is 1.50. The number of hydrogen-bond acceptors (Lipinski definition) is 4. The molecule has 0 unspecified atom stereocenters. The Balaban J connectivity index is 2.26. The summed E-state index contributed by atoms with van der Waals surface area (Å²) in [6.07, 6.45) is 2.37. The number of carboxylic acids is 1. The molecule has 96 valence electrons. The van der Waals surface area contributed by atoms with Crippen molar-refractivity contribution >= 4 is 39.2 Å². The predicted octanol–water partition coefficient (Wildman–Crippen LogP) is 2.11. The number of carbonyl (C=O) groups is 3. The Kier molecular flexibility index (Phi) is 3.62. The van der Waals surface area contributed by atoms with Crippen LogP contribution in [0.4, 0.5) is 5.69 Å². The van der Waals surface area contributed by atoms with E-state index in [1.807, 2.05) is 0 Å². The minimum atomic E-state index is -1.03. The molecule has 0 saturated heterocycles. The van der Waals surface area contributed by atoms with Crippen molar-refractivity contribution in [1.82, 2.24) is 0 Å². The average Bonchev–Trinajstić information content (AvgIpc) is 2.40. The molecule has 6 heteroatoms. The van der Waals surface area contributed by atoms with Crippen LogP contribution < -0.4 is 5.32 Å². The van der Waals surface area contributed by atoms with Gasteiger partial charge in [-0.15, -0.1) is 0 Å². The van der Waals surface area contributed by atoms with Gasteiger partial charge in [0.2, 0.25) is 5.78 Å². The first kappa shape index (κ1) is 13.2. The lowest BCUT2D eigenvalue weighted by molar-refractivity contribution is -0.114. The largest absolute Gasteiger partial charge is 0.478 e. The number of benzene rings is 1. The highest BCUT2D eigenvalue weighted by Crippen LogP contribution is 2.22. The Bertz CT molecular complexity index is 629. The Morgan fingerprint density at radius 3 is 2.21 bits per heavy atom. The van der Waals surface area contributed by atoms with Crippen molar-refractivity contribution in [2.75, 3.05) is 5.32 Å². The normalized spacial score (nSPS) is 14.8. The third-order valence-electron chi connectivity index (χ3n) is 2.47. The second-order valence-corrected chi connectivity index (χ2v) is 4.55. The maximum absolute atomic E-state index is 11.6. The van der Waals surface area contributed by atoms with Gasteiger partial charge in [-0.3, -0.25) is 9.59 Å². The van der Waals surface area contributed by atoms with Gasteiger partial charge in [-0.2, -0.15) is 0 Å². The summed E-state index contributed by atoms with van der Waals surface area (Å²) in [5.41, 5.74) is 0.800. The highest BCUT2D eigenvalue weighted by atomic mass is 79.9. The van der Waals surface area contributed by atoms with Gasteiger partial charge < -0.3 is 10.4 Å². The van der Waals surface area contributed by atoms with Gasteiger partial charge in [-0.25, -0.2) is 4.79 Å². The van der Waals surface area contributed by atoms with E-state index in [-0.39, 0.29) is 27.3 Å². The summed E-state index contributed by atoms with van der Waals surface area (Å²) in [5.74, 6) is -1.66. The number of halogens is 1. The second kappa shape index (κ2) is 5.19. The van der Waals surface area contributed by atoms with Gasteiger partial charge in [0.25, 0.3) is 0 Å².